The first kappa shape index (κ1) is 17.7. The molecule has 1 heterocycles. The van der Waals surface area contributed by atoms with Crippen LogP contribution in [-0.2, 0) is 0 Å². The van der Waals surface area contributed by atoms with E-state index >= 15 is 0 Å². The standard InChI is InChI=1S/C5H13N3.3ClH/c6-5(7)1-3-8-4-2-5;;;/h8H,1-4,6-7H2;3*1H. The number of hydrogen-bond acceptors (Lipinski definition) is 3. The molecule has 3 nitrogen and oxygen atoms in total. The van der Waals surface area contributed by atoms with Crippen LogP contribution in [0.1, 0.15) is 12.8 Å². The van der Waals surface area contributed by atoms with Crippen LogP contribution >= 0.6 is 37.2 Å². The summed E-state index contributed by atoms with van der Waals surface area (Å²) in [6, 6.07) is 0. The van der Waals surface area contributed by atoms with E-state index in [1.165, 1.54) is 0 Å². The molecular weight excluding hydrogens is 208 g/mol. The van der Waals surface area contributed by atoms with Gasteiger partial charge in [-0.3, -0.25) is 0 Å². The van der Waals surface area contributed by atoms with Crippen molar-refractivity contribution in [2.75, 3.05) is 13.1 Å². The predicted octanol–water partition coefficient (Wildman–Crippen LogP) is 0.249. The van der Waals surface area contributed by atoms with Crippen molar-refractivity contribution in [1.29, 1.82) is 0 Å². The molecule has 5 N–H and O–H groups in total. The molecule has 0 amide bonds. The van der Waals surface area contributed by atoms with Crippen LogP contribution < -0.4 is 16.8 Å². The van der Waals surface area contributed by atoms with Crippen LogP contribution in [0.25, 0.3) is 0 Å². The summed E-state index contributed by atoms with van der Waals surface area (Å²) in [4.78, 5) is 0. The first-order valence-corrected chi connectivity index (χ1v) is 2.99. The fourth-order valence-electron chi connectivity index (χ4n) is 0.892. The van der Waals surface area contributed by atoms with Crippen LogP contribution in [0.3, 0.4) is 0 Å². The Morgan fingerprint density at radius 3 is 1.45 bits per heavy atom. The number of hydrogen-bond donors (Lipinski definition) is 3. The van der Waals surface area contributed by atoms with E-state index in [1.54, 1.807) is 0 Å². The first-order chi connectivity index (χ1) is 3.71. The normalized spacial score (nSPS) is 20.2. The summed E-state index contributed by atoms with van der Waals surface area (Å²) in [5.74, 6) is 0. The van der Waals surface area contributed by atoms with Crippen molar-refractivity contribution in [2.24, 2.45) is 11.5 Å². The second kappa shape index (κ2) is 7.40. The summed E-state index contributed by atoms with van der Waals surface area (Å²) in [5, 5.41) is 3.18. The highest BCUT2D eigenvalue weighted by Crippen LogP contribution is 2.05. The van der Waals surface area contributed by atoms with Crippen molar-refractivity contribution < 1.29 is 0 Å². The van der Waals surface area contributed by atoms with E-state index in [2.05, 4.69) is 5.32 Å². The zero-order valence-electron chi connectivity index (χ0n) is 6.21. The molecule has 0 aromatic heterocycles. The van der Waals surface area contributed by atoms with E-state index in [1.807, 2.05) is 0 Å². The highest BCUT2D eigenvalue weighted by Gasteiger charge is 2.20. The summed E-state index contributed by atoms with van der Waals surface area (Å²) in [5.41, 5.74) is 10.8. The predicted molar refractivity (Wildman–Crippen MR) is 55.0 cm³/mol. The molecule has 6 heteroatoms. The summed E-state index contributed by atoms with van der Waals surface area (Å²) in [7, 11) is 0. The van der Waals surface area contributed by atoms with Crippen molar-refractivity contribution in [3.05, 3.63) is 0 Å². The molecule has 1 aliphatic heterocycles. The van der Waals surface area contributed by atoms with Crippen LogP contribution in [0.2, 0.25) is 0 Å². The van der Waals surface area contributed by atoms with E-state index in [9.17, 15) is 0 Å². The molecule has 0 atom stereocenters. The molecule has 0 aliphatic carbocycles. The van der Waals surface area contributed by atoms with Gasteiger partial charge in [-0.25, -0.2) is 0 Å². The van der Waals surface area contributed by atoms with Gasteiger partial charge in [-0.15, -0.1) is 37.2 Å². The van der Waals surface area contributed by atoms with Crippen LogP contribution in [0, 0.1) is 0 Å². The zero-order chi connectivity index (χ0) is 6.04. The molecule has 0 unspecified atom stereocenters. The van der Waals surface area contributed by atoms with Gasteiger partial charge in [-0.1, -0.05) is 0 Å². The molecule has 1 saturated heterocycles. The zero-order valence-corrected chi connectivity index (χ0v) is 8.66. The molecular formula is C5H16Cl3N3. The van der Waals surface area contributed by atoms with Crippen molar-refractivity contribution in [3.63, 3.8) is 0 Å². The fraction of sp³-hybridized carbons (Fsp3) is 1.00. The molecule has 0 saturated carbocycles. The minimum atomic E-state index is -0.384. The van der Waals surface area contributed by atoms with Gasteiger partial charge in [0.05, 0.1) is 5.66 Å². The van der Waals surface area contributed by atoms with Gasteiger partial charge in [0.1, 0.15) is 0 Å². The van der Waals surface area contributed by atoms with Crippen LogP contribution in [0.4, 0.5) is 0 Å². The van der Waals surface area contributed by atoms with Gasteiger partial charge >= 0.3 is 0 Å². The highest BCUT2D eigenvalue weighted by molar-refractivity contribution is 5.86. The molecule has 1 aliphatic rings. The quantitative estimate of drug-likeness (QED) is 0.517. The minimum absolute atomic E-state index is 0. The minimum Gasteiger partial charge on any atom is -0.316 e. The molecule has 11 heavy (non-hydrogen) atoms. The average molecular weight is 225 g/mol. The van der Waals surface area contributed by atoms with Gasteiger partial charge in [0.2, 0.25) is 0 Å². The monoisotopic (exact) mass is 223 g/mol. The molecule has 1 rings (SSSR count). The van der Waals surface area contributed by atoms with Crippen LogP contribution in [-0.4, -0.2) is 18.8 Å². The first-order valence-electron chi connectivity index (χ1n) is 2.99. The van der Waals surface area contributed by atoms with Crippen molar-refractivity contribution in [1.82, 2.24) is 5.32 Å². The van der Waals surface area contributed by atoms with Gasteiger partial charge in [-0.05, 0) is 25.9 Å². The second-order valence-corrected chi connectivity index (χ2v) is 2.48. The molecule has 0 bridgehead atoms. The van der Waals surface area contributed by atoms with Crippen molar-refractivity contribution in [3.8, 4) is 0 Å². The second-order valence-electron chi connectivity index (χ2n) is 2.48. The van der Waals surface area contributed by atoms with E-state index in [4.69, 9.17) is 11.5 Å². The molecule has 0 aromatic rings. The fourth-order valence-corrected chi connectivity index (χ4v) is 0.892. The van der Waals surface area contributed by atoms with E-state index in [0.717, 1.165) is 25.9 Å². The van der Waals surface area contributed by atoms with Crippen molar-refractivity contribution >= 4 is 37.2 Å². The summed E-state index contributed by atoms with van der Waals surface area (Å²) in [6.45, 7) is 1.93. The topological polar surface area (TPSA) is 64.1 Å². The Labute approximate surface area is 85.9 Å². The summed E-state index contributed by atoms with van der Waals surface area (Å²) in [6.07, 6.45) is 1.79. The number of piperidine rings is 1. The average Bonchev–Trinajstić information content (AvgIpc) is 1.65. The van der Waals surface area contributed by atoms with Gasteiger partial charge in [-0.2, -0.15) is 0 Å². The lowest BCUT2D eigenvalue weighted by Crippen LogP contribution is -2.55. The van der Waals surface area contributed by atoms with Gasteiger partial charge in [0.25, 0.3) is 0 Å². The Balaban J connectivity index is -0.000000213. The Hall–Kier alpha value is 0.750. The third kappa shape index (κ3) is 7.12. The summed E-state index contributed by atoms with van der Waals surface area (Å²) < 4.78 is 0. The maximum atomic E-state index is 5.62. The van der Waals surface area contributed by atoms with Gasteiger partial charge < -0.3 is 16.8 Å². The van der Waals surface area contributed by atoms with E-state index in [-0.39, 0.29) is 42.9 Å². The Morgan fingerprint density at radius 2 is 1.27 bits per heavy atom. The molecule has 1 fully saturated rings. The maximum Gasteiger partial charge on any atom is 0.0661 e. The lowest BCUT2D eigenvalue weighted by molar-refractivity contribution is 0.320. The molecule has 0 aromatic carbocycles. The third-order valence-electron chi connectivity index (χ3n) is 1.53. The van der Waals surface area contributed by atoms with E-state index < -0.39 is 0 Å². The van der Waals surface area contributed by atoms with Crippen LogP contribution in [0.15, 0.2) is 0 Å². The van der Waals surface area contributed by atoms with E-state index in [0.29, 0.717) is 0 Å². The molecule has 72 valence electrons. The number of nitrogens with one attached hydrogen (secondary N) is 1. The Kier molecular flexibility index (Phi) is 11.9. The lowest BCUT2D eigenvalue weighted by Gasteiger charge is -2.29. The number of rotatable bonds is 0. The smallest absolute Gasteiger partial charge is 0.0661 e. The lowest BCUT2D eigenvalue weighted by atomic mass is 10.0. The van der Waals surface area contributed by atoms with Crippen LogP contribution in [0.5, 0.6) is 0 Å². The highest BCUT2D eigenvalue weighted by atomic mass is 35.5. The Morgan fingerprint density at radius 1 is 0.909 bits per heavy atom. The van der Waals surface area contributed by atoms with Crippen molar-refractivity contribution in [2.45, 2.75) is 18.5 Å². The molecule has 0 radical (unpaired) electrons. The molecule has 0 spiro atoms. The maximum absolute atomic E-state index is 5.62. The third-order valence-corrected chi connectivity index (χ3v) is 1.53. The number of halogens is 3. The van der Waals surface area contributed by atoms with Gasteiger partial charge in [0.15, 0.2) is 0 Å². The summed E-state index contributed by atoms with van der Waals surface area (Å²) >= 11 is 0. The van der Waals surface area contributed by atoms with Gasteiger partial charge in [0, 0.05) is 0 Å². The largest absolute Gasteiger partial charge is 0.316 e. The number of nitrogens with two attached hydrogens (primary N) is 2. The Bertz CT molecular complexity index is 81.0. The SMILES string of the molecule is Cl.Cl.Cl.NC1(N)CCNCC1.